The molecule has 0 radical (unpaired) electrons. The second-order valence-electron chi connectivity index (χ2n) is 6.72. The van der Waals surface area contributed by atoms with Crippen LogP contribution >= 0.6 is 11.3 Å². The van der Waals surface area contributed by atoms with Gasteiger partial charge < -0.3 is 19.5 Å². The van der Waals surface area contributed by atoms with Crippen molar-refractivity contribution >= 4 is 28.2 Å². The molecule has 0 saturated heterocycles. The smallest absolute Gasteiger partial charge is 0.341 e. The van der Waals surface area contributed by atoms with Gasteiger partial charge >= 0.3 is 5.97 Å². The zero-order valence-corrected chi connectivity index (χ0v) is 18.3. The average Bonchev–Trinajstić information content (AvgIpc) is 3.17. The van der Waals surface area contributed by atoms with Crippen molar-refractivity contribution in [3.05, 3.63) is 64.0 Å². The second kappa shape index (κ2) is 9.00. The number of esters is 1. The van der Waals surface area contributed by atoms with Gasteiger partial charge in [-0.1, -0.05) is 23.8 Å². The maximum Gasteiger partial charge on any atom is 0.341 e. The molecule has 1 amide bonds. The molecule has 1 N–H and O–H groups in total. The van der Waals surface area contributed by atoms with E-state index in [1.54, 1.807) is 18.2 Å². The van der Waals surface area contributed by atoms with E-state index < -0.39 is 5.97 Å². The van der Waals surface area contributed by atoms with Gasteiger partial charge in [0.2, 0.25) is 0 Å². The van der Waals surface area contributed by atoms with Crippen molar-refractivity contribution in [2.45, 2.75) is 13.8 Å². The van der Waals surface area contributed by atoms with Crippen LogP contribution in [0.2, 0.25) is 0 Å². The van der Waals surface area contributed by atoms with Gasteiger partial charge in [-0.05, 0) is 37.1 Å². The number of carbonyl (C=O) groups excluding carboxylic acids is 2. The molecule has 0 spiro atoms. The summed E-state index contributed by atoms with van der Waals surface area (Å²) in [7, 11) is 4.36. The summed E-state index contributed by atoms with van der Waals surface area (Å²) in [4.78, 5) is 25.5. The summed E-state index contributed by atoms with van der Waals surface area (Å²) < 4.78 is 15.5. The summed E-state index contributed by atoms with van der Waals surface area (Å²) in [6.45, 7) is 3.97. The predicted octanol–water partition coefficient (Wildman–Crippen LogP) is 5.09. The molecular formula is C23H23NO5S. The zero-order chi connectivity index (χ0) is 21.8. The van der Waals surface area contributed by atoms with Gasteiger partial charge in [-0.2, -0.15) is 0 Å². The Balaban J connectivity index is 2.03. The third-order valence-electron chi connectivity index (χ3n) is 4.70. The Morgan fingerprint density at radius 2 is 1.57 bits per heavy atom. The normalized spacial score (nSPS) is 10.4. The first-order chi connectivity index (χ1) is 14.4. The van der Waals surface area contributed by atoms with Crippen molar-refractivity contribution in [3.8, 4) is 22.6 Å². The third kappa shape index (κ3) is 4.31. The lowest BCUT2D eigenvalue weighted by Crippen LogP contribution is -2.14. The molecule has 7 heteroatoms. The van der Waals surface area contributed by atoms with E-state index in [1.807, 2.05) is 37.4 Å². The van der Waals surface area contributed by atoms with Crippen LogP contribution in [0.1, 0.15) is 31.8 Å². The second-order valence-corrected chi connectivity index (χ2v) is 7.60. The van der Waals surface area contributed by atoms with Gasteiger partial charge in [0.15, 0.2) is 0 Å². The fourth-order valence-electron chi connectivity index (χ4n) is 3.09. The van der Waals surface area contributed by atoms with E-state index in [2.05, 4.69) is 5.32 Å². The minimum atomic E-state index is -0.509. The quantitative estimate of drug-likeness (QED) is 0.557. The number of carbonyl (C=O) groups is 2. The van der Waals surface area contributed by atoms with Crippen LogP contribution in [0.4, 0.5) is 5.00 Å². The van der Waals surface area contributed by atoms with Gasteiger partial charge in [0.25, 0.3) is 5.91 Å². The van der Waals surface area contributed by atoms with Crippen molar-refractivity contribution in [3.63, 3.8) is 0 Å². The molecule has 30 heavy (non-hydrogen) atoms. The number of ether oxygens (including phenoxy) is 3. The molecule has 0 fully saturated rings. The zero-order valence-electron chi connectivity index (χ0n) is 17.5. The lowest BCUT2D eigenvalue weighted by Gasteiger charge is -2.11. The standard InChI is InChI=1S/C23H23NO5S/c1-13-6-7-14(2)18(8-13)19-12-30-22(20(19)23(26)29-5)24-21(25)15-9-16(27-3)11-17(10-15)28-4/h6-12H,1-5H3,(H,24,25). The van der Waals surface area contributed by atoms with Crippen LogP contribution in [0.5, 0.6) is 11.5 Å². The number of methoxy groups -OCH3 is 3. The first-order valence-corrected chi connectivity index (χ1v) is 10.1. The molecule has 156 valence electrons. The maximum atomic E-state index is 12.9. The summed E-state index contributed by atoms with van der Waals surface area (Å²) >= 11 is 1.28. The number of rotatable bonds is 6. The summed E-state index contributed by atoms with van der Waals surface area (Å²) in [5.74, 6) is 0.0993. The molecule has 0 aliphatic rings. The van der Waals surface area contributed by atoms with Crippen LogP contribution in [-0.4, -0.2) is 33.2 Å². The highest BCUT2D eigenvalue weighted by atomic mass is 32.1. The van der Waals surface area contributed by atoms with Crippen LogP contribution in [0, 0.1) is 13.8 Å². The SMILES string of the molecule is COC(=O)c1c(-c2cc(C)ccc2C)csc1NC(=O)c1cc(OC)cc(OC)c1. The monoisotopic (exact) mass is 425 g/mol. The van der Waals surface area contributed by atoms with E-state index in [1.165, 1.54) is 32.7 Å². The lowest BCUT2D eigenvalue weighted by molar-refractivity contribution is 0.0603. The Morgan fingerprint density at radius 3 is 2.17 bits per heavy atom. The van der Waals surface area contributed by atoms with Gasteiger partial charge in [0.1, 0.15) is 22.1 Å². The van der Waals surface area contributed by atoms with Crippen molar-refractivity contribution in [1.82, 2.24) is 0 Å². The molecule has 6 nitrogen and oxygen atoms in total. The van der Waals surface area contributed by atoms with E-state index in [-0.39, 0.29) is 5.91 Å². The van der Waals surface area contributed by atoms with E-state index in [4.69, 9.17) is 14.2 Å². The summed E-state index contributed by atoms with van der Waals surface area (Å²) in [6.07, 6.45) is 0. The van der Waals surface area contributed by atoms with Crippen LogP contribution in [-0.2, 0) is 4.74 Å². The van der Waals surface area contributed by atoms with Crippen molar-refractivity contribution in [2.24, 2.45) is 0 Å². The Hall–Kier alpha value is -3.32. The summed E-state index contributed by atoms with van der Waals surface area (Å²) in [6, 6.07) is 10.9. The highest BCUT2D eigenvalue weighted by molar-refractivity contribution is 7.15. The molecule has 2 aromatic carbocycles. The third-order valence-corrected chi connectivity index (χ3v) is 5.60. The summed E-state index contributed by atoms with van der Waals surface area (Å²) in [5.41, 5.74) is 4.44. The van der Waals surface area contributed by atoms with E-state index in [9.17, 15) is 9.59 Å². The molecule has 1 aromatic heterocycles. The van der Waals surface area contributed by atoms with Gasteiger partial charge in [-0.3, -0.25) is 4.79 Å². The molecule has 0 bridgehead atoms. The van der Waals surface area contributed by atoms with E-state index >= 15 is 0 Å². The molecule has 3 aromatic rings. The fraction of sp³-hybridized carbons (Fsp3) is 0.217. The first-order valence-electron chi connectivity index (χ1n) is 9.19. The number of amides is 1. The predicted molar refractivity (Wildman–Crippen MR) is 118 cm³/mol. The first kappa shape index (κ1) is 21.4. The van der Waals surface area contributed by atoms with Crippen molar-refractivity contribution in [1.29, 1.82) is 0 Å². The Bertz CT molecular complexity index is 1080. The van der Waals surface area contributed by atoms with Crippen molar-refractivity contribution < 1.29 is 23.8 Å². The Kier molecular flexibility index (Phi) is 6.42. The average molecular weight is 426 g/mol. The minimum absolute atomic E-state index is 0.333. The number of hydrogen-bond donors (Lipinski definition) is 1. The summed E-state index contributed by atoms with van der Waals surface area (Å²) in [5, 5.41) is 5.11. The number of aryl methyl sites for hydroxylation is 2. The van der Waals surface area contributed by atoms with E-state index in [0.29, 0.717) is 27.6 Å². The van der Waals surface area contributed by atoms with Crippen molar-refractivity contribution in [2.75, 3.05) is 26.6 Å². The number of anilines is 1. The van der Waals surface area contributed by atoms with E-state index in [0.717, 1.165) is 22.3 Å². The molecular weight excluding hydrogens is 402 g/mol. The highest BCUT2D eigenvalue weighted by Gasteiger charge is 2.24. The molecule has 0 atom stereocenters. The molecule has 0 saturated carbocycles. The molecule has 0 aliphatic heterocycles. The number of benzene rings is 2. The topological polar surface area (TPSA) is 73.9 Å². The van der Waals surface area contributed by atoms with Gasteiger partial charge in [-0.25, -0.2) is 4.79 Å². The maximum absolute atomic E-state index is 12.9. The van der Waals surface area contributed by atoms with Crippen LogP contribution in [0.3, 0.4) is 0 Å². The lowest BCUT2D eigenvalue weighted by atomic mass is 9.97. The number of nitrogens with one attached hydrogen (secondary N) is 1. The van der Waals surface area contributed by atoms with Crippen LogP contribution < -0.4 is 14.8 Å². The molecule has 0 unspecified atom stereocenters. The minimum Gasteiger partial charge on any atom is -0.497 e. The highest BCUT2D eigenvalue weighted by Crippen LogP contribution is 2.38. The van der Waals surface area contributed by atoms with Crippen LogP contribution in [0.15, 0.2) is 41.8 Å². The fourth-order valence-corrected chi connectivity index (χ4v) is 4.04. The molecule has 3 rings (SSSR count). The largest absolute Gasteiger partial charge is 0.497 e. The Labute approximate surface area is 179 Å². The van der Waals surface area contributed by atoms with Gasteiger partial charge in [-0.15, -0.1) is 11.3 Å². The molecule has 1 heterocycles. The number of thiophene rings is 1. The molecule has 0 aliphatic carbocycles. The Morgan fingerprint density at radius 1 is 0.900 bits per heavy atom. The van der Waals surface area contributed by atoms with Gasteiger partial charge in [0.05, 0.1) is 21.3 Å². The van der Waals surface area contributed by atoms with Crippen LogP contribution in [0.25, 0.3) is 11.1 Å². The number of hydrogen-bond acceptors (Lipinski definition) is 6. The van der Waals surface area contributed by atoms with Gasteiger partial charge in [0, 0.05) is 22.6 Å².